The molecule has 4 aromatic rings. The Balaban J connectivity index is 0.000000191. The molecule has 2 aliphatic rings. The van der Waals surface area contributed by atoms with Gasteiger partial charge in [-0.15, -0.1) is 0 Å². The van der Waals surface area contributed by atoms with Crippen molar-refractivity contribution >= 4 is 46.5 Å². The van der Waals surface area contributed by atoms with Gasteiger partial charge < -0.3 is 15.2 Å². The average Bonchev–Trinajstić information content (AvgIpc) is 3.29. The zero-order valence-corrected chi connectivity index (χ0v) is 30.1. The molecule has 2 atom stereocenters. The second-order valence-corrected chi connectivity index (χ2v) is 15.5. The first-order chi connectivity index (χ1) is 22.8. The Morgan fingerprint density at radius 2 is 1.51 bits per heavy atom. The molecule has 0 saturated heterocycles. The molecule has 1 amide bonds. The average molecular weight is 704 g/mol. The van der Waals surface area contributed by atoms with Crippen LogP contribution in [0.2, 0.25) is 10.0 Å². The van der Waals surface area contributed by atoms with Gasteiger partial charge in [0.2, 0.25) is 5.91 Å². The molecule has 2 aliphatic heterocycles. The number of nitro groups is 1. The van der Waals surface area contributed by atoms with E-state index in [1.807, 2.05) is 43.3 Å². The molecule has 1 unspecified atom stereocenters. The summed E-state index contributed by atoms with van der Waals surface area (Å²) >= 11 is 12.2. The van der Waals surface area contributed by atoms with Crippen molar-refractivity contribution in [2.24, 2.45) is 0 Å². The molecule has 4 aromatic carbocycles. The van der Waals surface area contributed by atoms with Crippen LogP contribution in [0.25, 0.3) is 0 Å². The second kappa shape index (κ2) is 12.8. The molecular weight excluding hydrogens is 663 g/mol. The molecule has 49 heavy (non-hydrogen) atoms. The first kappa shape index (κ1) is 35.9. The standard InChI is InChI=1S/C20H20ClNO2.C19H20ClNO4/c1-19(2)9-8-12-10-13(4-7-17(12)24-19)20(3)15-11-14(21)5-6-16(15)22-18(20)23;1-18(2,3)12-5-7-13(8-6-12)19(4,17(22)23)15-11-14(20)9-10-16(15)21(24)25/h4-7,10-11H,8-9H2,1-3H3,(H,22,23);5-11H,1-4H3,(H,22,23)/t20-;/m0./s1. The third-order valence-electron chi connectivity index (χ3n) is 9.69. The van der Waals surface area contributed by atoms with E-state index in [9.17, 15) is 24.8 Å². The van der Waals surface area contributed by atoms with Crippen LogP contribution >= 0.6 is 23.2 Å². The number of carbonyl (C=O) groups excluding carboxylic acids is 1. The number of amides is 1. The van der Waals surface area contributed by atoms with Gasteiger partial charge in [-0.05, 0) is 110 Å². The van der Waals surface area contributed by atoms with Crippen LogP contribution in [0.1, 0.15) is 88.3 Å². The third-order valence-corrected chi connectivity index (χ3v) is 10.2. The van der Waals surface area contributed by atoms with Crippen LogP contribution in [0.3, 0.4) is 0 Å². The molecule has 0 aromatic heterocycles. The van der Waals surface area contributed by atoms with Crippen molar-refractivity contribution in [2.45, 2.75) is 83.2 Å². The van der Waals surface area contributed by atoms with E-state index in [0.717, 1.165) is 46.5 Å². The SMILES string of the molecule is CC(C)(C)c1ccc(C(C)(C(=O)O)c2cc(Cl)ccc2[N+](=O)[O-])cc1.CC1(C)CCc2cc([C@]3(C)C(=O)Nc4ccc(Cl)cc43)ccc2O1. The van der Waals surface area contributed by atoms with E-state index in [1.54, 1.807) is 18.2 Å². The van der Waals surface area contributed by atoms with Crippen LogP contribution in [-0.4, -0.2) is 27.5 Å². The van der Waals surface area contributed by atoms with Crippen molar-refractivity contribution < 1.29 is 24.4 Å². The summed E-state index contributed by atoms with van der Waals surface area (Å²) < 4.78 is 6.06. The van der Waals surface area contributed by atoms with Gasteiger partial charge in [0.25, 0.3) is 5.69 Å². The van der Waals surface area contributed by atoms with E-state index in [2.05, 4.69) is 46.0 Å². The lowest BCUT2D eigenvalue weighted by Crippen LogP contribution is -2.34. The zero-order chi connectivity index (χ0) is 36.1. The molecule has 0 aliphatic carbocycles. The molecule has 0 radical (unpaired) electrons. The number of ether oxygens (including phenoxy) is 1. The smallest absolute Gasteiger partial charge is 0.318 e. The minimum absolute atomic E-state index is 0.0169. The summed E-state index contributed by atoms with van der Waals surface area (Å²) in [7, 11) is 0. The first-order valence-electron chi connectivity index (χ1n) is 16.0. The molecule has 2 N–H and O–H groups in total. The van der Waals surface area contributed by atoms with E-state index < -0.39 is 21.7 Å². The highest BCUT2D eigenvalue weighted by Crippen LogP contribution is 2.46. The number of carboxylic acids is 1. The Morgan fingerprint density at radius 1 is 0.898 bits per heavy atom. The van der Waals surface area contributed by atoms with Gasteiger partial charge in [0.05, 0.1) is 15.9 Å². The summed E-state index contributed by atoms with van der Waals surface area (Å²) in [6.07, 6.45) is 1.92. The number of rotatable bonds is 5. The molecule has 0 bridgehead atoms. The van der Waals surface area contributed by atoms with Crippen molar-refractivity contribution in [2.75, 3.05) is 5.32 Å². The van der Waals surface area contributed by atoms with Crippen LogP contribution in [0.15, 0.2) is 78.9 Å². The summed E-state index contributed by atoms with van der Waals surface area (Å²) in [5.74, 6) is -0.276. The van der Waals surface area contributed by atoms with E-state index in [-0.39, 0.29) is 33.2 Å². The fraction of sp³-hybridized carbons (Fsp3) is 0.333. The number of fused-ring (bicyclic) bond motifs is 2. The van der Waals surface area contributed by atoms with Crippen molar-refractivity contribution in [1.29, 1.82) is 0 Å². The van der Waals surface area contributed by atoms with E-state index >= 15 is 0 Å². The quantitative estimate of drug-likeness (QED) is 0.158. The number of nitrogens with one attached hydrogen (secondary N) is 1. The number of carboxylic acid groups (broad SMARTS) is 1. The lowest BCUT2D eigenvalue weighted by atomic mass is 9.74. The number of benzene rings is 4. The highest BCUT2D eigenvalue weighted by molar-refractivity contribution is 6.31. The van der Waals surface area contributed by atoms with E-state index in [1.165, 1.54) is 25.1 Å². The van der Waals surface area contributed by atoms with E-state index in [0.29, 0.717) is 10.6 Å². The Morgan fingerprint density at radius 3 is 2.12 bits per heavy atom. The van der Waals surface area contributed by atoms with Crippen molar-refractivity contribution in [1.82, 2.24) is 0 Å². The Labute approximate surface area is 296 Å². The minimum Gasteiger partial charge on any atom is -0.488 e. The molecule has 0 fully saturated rings. The lowest BCUT2D eigenvalue weighted by molar-refractivity contribution is -0.385. The Kier molecular flexibility index (Phi) is 9.38. The predicted molar refractivity (Wildman–Crippen MR) is 193 cm³/mol. The van der Waals surface area contributed by atoms with Gasteiger partial charge in [-0.1, -0.05) is 80.4 Å². The number of anilines is 1. The number of aryl methyl sites for hydroxylation is 1. The van der Waals surface area contributed by atoms with Gasteiger partial charge in [-0.3, -0.25) is 19.7 Å². The van der Waals surface area contributed by atoms with Gasteiger partial charge in [0, 0.05) is 21.8 Å². The molecular formula is C39H40Cl2N2O6. The number of nitro benzene ring substituents is 1. The summed E-state index contributed by atoms with van der Waals surface area (Å²) in [6.45, 7) is 13.8. The summed E-state index contributed by atoms with van der Waals surface area (Å²) in [6, 6.07) is 22.7. The fourth-order valence-corrected chi connectivity index (χ4v) is 6.78. The molecule has 8 nitrogen and oxygen atoms in total. The summed E-state index contributed by atoms with van der Waals surface area (Å²) in [5, 5.41) is 25.2. The number of hydrogen-bond acceptors (Lipinski definition) is 5. The Bertz CT molecular complexity index is 1970. The maximum atomic E-state index is 12.8. The largest absolute Gasteiger partial charge is 0.488 e. The summed E-state index contributed by atoms with van der Waals surface area (Å²) in [4.78, 5) is 35.7. The van der Waals surface area contributed by atoms with Crippen LogP contribution < -0.4 is 10.1 Å². The molecule has 2 heterocycles. The van der Waals surface area contributed by atoms with Gasteiger partial charge in [-0.2, -0.15) is 0 Å². The number of nitrogens with zero attached hydrogens (tertiary/aromatic N) is 1. The topological polar surface area (TPSA) is 119 Å². The number of halogens is 2. The molecule has 10 heteroatoms. The van der Waals surface area contributed by atoms with Crippen molar-refractivity contribution in [3.8, 4) is 5.75 Å². The maximum Gasteiger partial charge on any atom is 0.318 e. The van der Waals surface area contributed by atoms with Crippen molar-refractivity contribution in [3.63, 3.8) is 0 Å². The lowest BCUT2D eigenvalue weighted by Gasteiger charge is -2.33. The summed E-state index contributed by atoms with van der Waals surface area (Å²) in [5.41, 5.74) is 2.65. The highest BCUT2D eigenvalue weighted by Gasteiger charge is 2.45. The maximum absolute atomic E-state index is 12.8. The molecule has 256 valence electrons. The third kappa shape index (κ3) is 6.77. The molecule has 0 saturated carbocycles. The first-order valence-corrected chi connectivity index (χ1v) is 16.8. The Hall–Kier alpha value is -4.40. The normalized spacial score (nSPS) is 18.8. The fourth-order valence-electron chi connectivity index (χ4n) is 6.43. The monoisotopic (exact) mass is 702 g/mol. The zero-order valence-electron chi connectivity index (χ0n) is 28.6. The molecule has 6 rings (SSSR count). The molecule has 0 spiro atoms. The van der Waals surface area contributed by atoms with Crippen LogP contribution in [0.5, 0.6) is 5.75 Å². The highest BCUT2D eigenvalue weighted by atomic mass is 35.5. The number of hydrogen-bond donors (Lipinski definition) is 2. The second-order valence-electron chi connectivity index (χ2n) is 14.6. The van der Waals surface area contributed by atoms with Gasteiger partial charge in [0.15, 0.2) is 0 Å². The predicted octanol–water partition coefficient (Wildman–Crippen LogP) is 9.64. The van der Waals surface area contributed by atoms with E-state index in [4.69, 9.17) is 27.9 Å². The minimum atomic E-state index is -1.59. The van der Waals surface area contributed by atoms with Crippen LogP contribution in [0, 0.1) is 10.1 Å². The number of carbonyl (C=O) groups is 2. The van der Waals surface area contributed by atoms with Gasteiger partial charge in [0.1, 0.15) is 16.8 Å². The van der Waals surface area contributed by atoms with Crippen LogP contribution in [-0.2, 0) is 32.3 Å². The number of aliphatic carboxylic acids is 1. The van der Waals surface area contributed by atoms with Gasteiger partial charge >= 0.3 is 5.97 Å². The van der Waals surface area contributed by atoms with Crippen molar-refractivity contribution in [3.05, 3.63) is 132 Å². The van der Waals surface area contributed by atoms with Gasteiger partial charge in [-0.25, -0.2) is 0 Å². The van der Waals surface area contributed by atoms with Crippen LogP contribution in [0.4, 0.5) is 11.4 Å².